The second-order valence-electron chi connectivity index (χ2n) is 7.29. The number of imidazole rings is 1. The normalized spacial score (nSPS) is 16.2. The van der Waals surface area contributed by atoms with Crippen LogP contribution in [0.15, 0.2) is 17.0 Å². The highest BCUT2D eigenvalue weighted by atomic mass is 16.6. The summed E-state index contributed by atoms with van der Waals surface area (Å²) in [6.45, 7) is 9.77. The van der Waals surface area contributed by atoms with E-state index in [0.717, 1.165) is 19.4 Å². The molecule has 0 unspecified atom stereocenters. The molecule has 8 nitrogen and oxygen atoms in total. The Kier molecular flexibility index (Phi) is 4.78. The maximum Gasteiger partial charge on any atom is 0.410 e. The molecule has 0 aliphatic carbocycles. The van der Waals surface area contributed by atoms with Crippen LogP contribution >= 0.6 is 0 Å². The summed E-state index contributed by atoms with van der Waals surface area (Å²) in [5.74, 6) is 1.31. The van der Waals surface area contributed by atoms with Gasteiger partial charge in [-0.2, -0.15) is 4.98 Å². The predicted octanol–water partition coefficient (Wildman–Crippen LogP) is 3.07. The van der Waals surface area contributed by atoms with Crippen molar-refractivity contribution in [3.8, 4) is 11.6 Å². The van der Waals surface area contributed by atoms with E-state index < -0.39 is 5.60 Å². The van der Waals surface area contributed by atoms with Crippen LogP contribution in [0.1, 0.15) is 52.3 Å². The van der Waals surface area contributed by atoms with Crippen LogP contribution in [0.25, 0.3) is 11.6 Å². The maximum absolute atomic E-state index is 12.1. The third-order valence-electron chi connectivity index (χ3n) is 4.17. The molecule has 3 rings (SSSR count). The molecule has 0 atom stereocenters. The average molecular weight is 347 g/mol. The molecule has 1 amide bonds. The van der Waals surface area contributed by atoms with E-state index in [2.05, 4.69) is 15.1 Å². The summed E-state index contributed by atoms with van der Waals surface area (Å²) in [4.78, 5) is 22.6. The number of aryl methyl sites for hydroxylation is 1. The molecule has 1 aliphatic heterocycles. The van der Waals surface area contributed by atoms with Gasteiger partial charge in [-0.15, -0.1) is 0 Å². The smallest absolute Gasteiger partial charge is 0.410 e. The second kappa shape index (κ2) is 6.85. The Morgan fingerprint density at radius 3 is 2.68 bits per heavy atom. The van der Waals surface area contributed by atoms with Crippen molar-refractivity contribution in [2.45, 2.75) is 58.6 Å². The zero-order chi connectivity index (χ0) is 18.0. The molecule has 0 saturated carbocycles. The summed E-state index contributed by atoms with van der Waals surface area (Å²) in [7, 11) is 0. The van der Waals surface area contributed by atoms with Gasteiger partial charge in [-0.25, -0.2) is 9.78 Å². The number of likely N-dealkylation sites (tertiary alicyclic amines) is 1. The Morgan fingerprint density at radius 1 is 1.36 bits per heavy atom. The lowest BCUT2D eigenvalue weighted by Crippen LogP contribution is -2.41. The van der Waals surface area contributed by atoms with E-state index in [0.29, 0.717) is 30.5 Å². The first-order valence-corrected chi connectivity index (χ1v) is 8.69. The largest absolute Gasteiger partial charge is 0.444 e. The van der Waals surface area contributed by atoms with E-state index >= 15 is 0 Å². The van der Waals surface area contributed by atoms with Crippen LogP contribution in [0.5, 0.6) is 0 Å². The van der Waals surface area contributed by atoms with Gasteiger partial charge in [-0.05, 0) is 40.5 Å². The number of aromatic nitrogens is 4. The molecule has 1 fully saturated rings. The molecule has 1 saturated heterocycles. The standard InChI is InChI=1S/C17H25N5O3/c1-5-21-10-13(18-11-21)15-19-14(20-25-15)12-6-8-22(9-7-12)16(23)24-17(2,3)4/h10-12H,5-9H2,1-4H3. The van der Waals surface area contributed by atoms with Crippen molar-refractivity contribution in [3.63, 3.8) is 0 Å². The highest BCUT2D eigenvalue weighted by molar-refractivity contribution is 5.68. The first-order chi connectivity index (χ1) is 11.9. The minimum absolute atomic E-state index is 0.185. The second-order valence-corrected chi connectivity index (χ2v) is 7.29. The van der Waals surface area contributed by atoms with Crippen LogP contribution in [-0.2, 0) is 11.3 Å². The lowest BCUT2D eigenvalue weighted by atomic mass is 9.96. The van der Waals surface area contributed by atoms with E-state index in [-0.39, 0.29) is 12.0 Å². The number of hydrogen-bond donors (Lipinski definition) is 0. The number of carbonyl (C=O) groups is 1. The van der Waals surface area contributed by atoms with Crippen molar-refractivity contribution in [3.05, 3.63) is 18.3 Å². The maximum atomic E-state index is 12.1. The molecule has 0 bridgehead atoms. The molecule has 2 aromatic heterocycles. The highest BCUT2D eigenvalue weighted by Gasteiger charge is 2.29. The summed E-state index contributed by atoms with van der Waals surface area (Å²) in [5, 5.41) is 4.11. The Bertz CT molecular complexity index is 723. The minimum Gasteiger partial charge on any atom is -0.444 e. The van der Waals surface area contributed by atoms with Crippen molar-refractivity contribution >= 4 is 6.09 Å². The van der Waals surface area contributed by atoms with Gasteiger partial charge in [0, 0.05) is 31.7 Å². The fourth-order valence-electron chi connectivity index (χ4n) is 2.79. The fourth-order valence-corrected chi connectivity index (χ4v) is 2.79. The molecule has 8 heteroatoms. The predicted molar refractivity (Wildman–Crippen MR) is 91.0 cm³/mol. The number of amides is 1. The Labute approximate surface area is 147 Å². The first-order valence-electron chi connectivity index (χ1n) is 8.69. The van der Waals surface area contributed by atoms with Crippen molar-refractivity contribution in [1.82, 2.24) is 24.6 Å². The van der Waals surface area contributed by atoms with Gasteiger partial charge in [-0.1, -0.05) is 5.16 Å². The van der Waals surface area contributed by atoms with Gasteiger partial charge in [0.05, 0.1) is 6.33 Å². The van der Waals surface area contributed by atoms with Crippen molar-refractivity contribution in [1.29, 1.82) is 0 Å². The Balaban J connectivity index is 1.59. The molecule has 0 aromatic carbocycles. The molecule has 0 N–H and O–H groups in total. The molecule has 0 radical (unpaired) electrons. The molecule has 0 spiro atoms. The van der Waals surface area contributed by atoms with Gasteiger partial charge in [-0.3, -0.25) is 0 Å². The number of nitrogens with zero attached hydrogens (tertiary/aromatic N) is 5. The van der Waals surface area contributed by atoms with Gasteiger partial charge in [0.25, 0.3) is 5.89 Å². The van der Waals surface area contributed by atoms with Crippen LogP contribution in [-0.4, -0.2) is 49.4 Å². The van der Waals surface area contributed by atoms with Crippen LogP contribution in [0.3, 0.4) is 0 Å². The summed E-state index contributed by atoms with van der Waals surface area (Å²) in [6.07, 6.45) is 4.97. The molecular weight excluding hydrogens is 322 g/mol. The summed E-state index contributed by atoms with van der Waals surface area (Å²) >= 11 is 0. The van der Waals surface area contributed by atoms with Gasteiger partial charge in [0.2, 0.25) is 0 Å². The number of rotatable bonds is 3. The van der Waals surface area contributed by atoms with E-state index in [1.54, 1.807) is 11.2 Å². The Morgan fingerprint density at radius 2 is 2.08 bits per heavy atom. The van der Waals surface area contributed by atoms with E-state index in [1.165, 1.54) is 0 Å². The lowest BCUT2D eigenvalue weighted by Gasteiger charge is -2.32. The molecule has 3 heterocycles. The number of hydrogen-bond acceptors (Lipinski definition) is 6. The highest BCUT2D eigenvalue weighted by Crippen LogP contribution is 2.28. The van der Waals surface area contributed by atoms with Crippen LogP contribution in [0, 0.1) is 0 Å². The third kappa shape index (κ3) is 4.18. The lowest BCUT2D eigenvalue weighted by molar-refractivity contribution is 0.0203. The van der Waals surface area contributed by atoms with E-state index in [4.69, 9.17) is 9.26 Å². The van der Waals surface area contributed by atoms with Gasteiger partial charge in [0.1, 0.15) is 11.3 Å². The monoisotopic (exact) mass is 347 g/mol. The van der Waals surface area contributed by atoms with Crippen molar-refractivity contribution < 1.29 is 14.1 Å². The minimum atomic E-state index is -0.474. The summed E-state index contributed by atoms with van der Waals surface area (Å²) < 4.78 is 12.7. The van der Waals surface area contributed by atoms with Gasteiger partial charge in [0.15, 0.2) is 5.82 Å². The van der Waals surface area contributed by atoms with Gasteiger partial charge < -0.3 is 18.7 Å². The molecule has 1 aliphatic rings. The average Bonchev–Trinajstić information content (AvgIpc) is 3.22. The zero-order valence-corrected chi connectivity index (χ0v) is 15.2. The zero-order valence-electron chi connectivity index (χ0n) is 15.2. The molecular formula is C17H25N5O3. The van der Waals surface area contributed by atoms with E-state index in [9.17, 15) is 4.79 Å². The molecule has 25 heavy (non-hydrogen) atoms. The third-order valence-corrected chi connectivity index (χ3v) is 4.17. The molecule has 2 aromatic rings. The molecule has 136 valence electrons. The SMILES string of the molecule is CCn1cnc(-c2nc(C3CCN(C(=O)OC(C)(C)C)CC3)no2)c1. The van der Waals surface area contributed by atoms with Crippen LogP contribution < -0.4 is 0 Å². The summed E-state index contributed by atoms with van der Waals surface area (Å²) in [6, 6.07) is 0. The Hall–Kier alpha value is -2.38. The first kappa shape index (κ1) is 17.4. The number of carbonyl (C=O) groups excluding carboxylic acids is 1. The topological polar surface area (TPSA) is 86.3 Å². The van der Waals surface area contributed by atoms with Gasteiger partial charge >= 0.3 is 6.09 Å². The van der Waals surface area contributed by atoms with E-state index in [1.807, 2.05) is 38.5 Å². The fraction of sp³-hybridized carbons (Fsp3) is 0.647. The van der Waals surface area contributed by atoms with Crippen molar-refractivity contribution in [2.75, 3.05) is 13.1 Å². The number of ether oxygens (including phenoxy) is 1. The van der Waals surface area contributed by atoms with Crippen molar-refractivity contribution in [2.24, 2.45) is 0 Å². The van der Waals surface area contributed by atoms with Crippen LogP contribution in [0.4, 0.5) is 4.79 Å². The number of piperidine rings is 1. The van der Waals surface area contributed by atoms with Crippen LogP contribution in [0.2, 0.25) is 0 Å². The quantitative estimate of drug-likeness (QED) is 0.848. The summed E-state index contributed by atoms with van der Waals surface area (Å²) in [5.41, 5.74) is 0.213.